The van der Waals surface area contributed by atoms with Gasteiger partial charge in [0.1, 0.15) is 5.82 Å². The molecule has 0 spiro atoms. The van der Waals surface area contributed by atoms with Gasteiger partial charge in [0.05, 0.1) is 6.61 Å². The second-order valence-corrected chi connectivity index (χ2v) is 4.50. The molecular formula is C12H23N3O. The quantitative estimate of drug-likeness (QED) is 0.763. The highest BCUT2D eigenvalue weighted by Gasteiger charge is 2.07. The van der Waals surface area contributed by atoms with Crippen LogP contribution in [-0.2, 0) is 11.3 Å². The molecule has 0 radical (unpaired) electrons. The highest BCUT2D eigenvalue weighted by atomic mass is 16.5. The van der Waals surface area contributed by atoms with Crippen LogP contribution in [0.3, 0.4) is 0 Å². The Labute approximate surface area is 98.0 Å². The van der Waals surface area contributed by atoms with E-state index in [9.17, 15) is 0 Å². The minimum absolute atomic E-state index is 0.413. The predicted molar refractivity (Wildman–Crippen MR) is 65.5 cm³/mol. The molecule has 1 N–H and O–H groups in total. The Hall–Kier alpha value is -0.870. The minimum atomic E-state index is 0.413. The summed E-state index contributed by atoms with van der Waals surface area (Å²) in [6, 6.07) is 0.413. The van der Waals surface area contributed by atoms with Crippen LogP contribution in [0.1, 0.15) is 19.7 Å². The number of methoxy groups -OCH3 is 1. The first-order valence-electron chi connectivity index (χ1n) is 5.83. The van der Waals surface area contributed by atoms with Gasteiger partial charge in [-0.3, -0.25) is 0 Å². The van der Waals surface area contributed by atoms with Gasteiger partial charge in [-0.25, -0.2) is 4.98 Å². The van der Waals surface area contributed by atoms with Crippen molar-refractivity contribution in [1.29, 1.82) is 0 Å². The Morgan fingerprint density at radius 3 is 2.81 bits per heavy atom. The summed E-state index contributed by atoms with van der Waals surface area (Å²) >= 11 is 0. The highest BCUT2D eigenvalue weighted by molar-refractivity contribution is 4.88. The first-order chi connectivity index (χ1) is 7.63. The molecule has 0 saturated heterocycles. The lowest BCUT2D eigenvalue weighted by Gasteiger charge is -2.18. The van der Waals surface area contributed by atoms with E-state index in [1.165, 1.54) is 0 Å². The molecule has 0 aliphatic rings. The van der Waals surface area contributed by atoms with Crippen LogP contribution in [0.5, 0.6) is 0 Å². The third-order valence-corrected chi connectivity index (χ3v) is 2.66. The smallest absolute Gasteiger partial charge is 0.105 e. The van der Waals surface area contributed by atoms with E-state index in [2.05, 4.69) is 28.7 Å². The standard InChI is InChI=1S/C12H23N3O/c1-10(7-14-11(2)9-16-4)8-15-6-5-13-12(15)3/h5-6,10-11,14H,7-9H2,1-4H3. The number of hydrogen-bond acceptors (Lipinski definition) is 3. The number of nitrogens with one attached hydrogen (secondary N) is 1. The van der Waals surface area contributed by atoms with Crippen molar-refractivity contribution in [2.45, 2.75) is 33.4 Å². The van der Waals surface area contributed by atoms with Crippen LogP contribution in [0.15, 0.2) is 12.4 Å². The lowest BCUT2D eigenvalue weighted by molar-refractivity contribution is 0.169. The van der Waals surface area contributed by atoms with Crippen molar-refractivity contribution in [2.24, 2.45) is 5.92 Å². The highest BCUT2D eigenvalue weighted by Crippen LogP contribution is 2.03. The van der Waals surface area contributed by atoms with Gasteiger partial charge < -0.3 is 14.6 Å². The van der Waals surface area contributed by atoms with E-state index in [-0.39, 0.29) is 0 Å². The van der Waals surface area contributed by atoms with Gasteiger partial charge in [-0.2, -0.15) is 0 Å². The Balaban J connectivity index is 2.26. The van der Waals surface area contributed by atoms with Crippen LogP contribution in [0, 0.1) is 12.8 Å². The zero-order valence-electron chi connectivity index (χ0n) is 10.7. The summed E-state index contributed by atoms with van der Waals surface area (Å²) in [6.07, 6.45) is 3.88. The molecule has 0 saturated carbocycles. The van der Waals surface area contributed by atoms with Crippen molar-refractivity contribution in [1.82, 2.24) is 14.9 Å². The molecule has 4 nitrogen and oxygen atoms in total. The summed E-state index contributed by atoms with van der Waals surface area (Å²) in [6.45, 7) is 9.19. The molecule has 0 fully saturated rings. The van der Waals surface area contributed by atoms with Gasteiger partial charge in [0.2, 0.25) is 0 Å². The van der Waals surface area contributed by atoms with Crippen molar-refractivity contribution in [3.05, 3.63) is 18.2 Å². The van der Waals surface area contributed by atoms with E-state index in [1.54, 1.807) is 7.11 Å². The molecule has 0 bridgehead atoms. The normalized spacial score (nSPS) is 15.0. The van der Waals surface area contributed by atoms with Gasteiger partial charge >= 0.3 is 0 Å². The Bertz CT molecular complexity index is 298. The Morgan fingerprint density at radius 1 is 1.50 bits per heavy atom. The topological polar surface area (TPSA) is 39.1 Å². The molecule has 0 amide bonds. The van der Waals surface area contributed by atoms with Gasteiger partial charge in [-0.05, 0) is 26.3 Å². The summed E-state index contributed by atoms with van der Waals surface area (Å²) in [5.74, 6) is 1.67. The number of aromatic nitrogens is 2. The summed E-state index contributed by atoms with van der Waals surface area (Å²) in [7, 11) is 1.73. The zero-order chi connectivity index (χ0) is 12.0. The maximum absolute atomic E-state index is 5.08. The third kappa shape index (κ3) is 4.33. The molecule has 4 heteroatoms. The van der Waals surface area contributed by atoms with E-state index < -0.39 is 0 Å². The zero-order valence-corrected chi connectivity index (χ0v) is 10.7. The number of aryl methyl sites for hydroxylation is 1. The number of nitrogens with zero attached hydrogens (tertiary/aromatic N) is 2. The van der Waals surface area contributed by atoms with Crippen LogP contribution >= 0.6 is 0 Å². The Morgan fingerprint density at radius 2 is 2.25 bits per heavy atom. The fourth-order valence-electron chi connectivity index (χ4n) is 1.71. The maximum atomic E-state index is 5.08. The molecule has 1 aromatic heterocycles. The summed E-state index contributed by atoms with van der Waals surface area (Å²) in [4.78, 5) is 4.22. The molecule has 0 aliphatic carbocycles. The molecule has 1 rings (SSSR count). The van der Waals surface area contributed by atoms with Crippen molar-refractivity contribution in [3.8, 4) is 0 Å². The molecule has 1 heterocycles. The van der Waals surface area contributed by atoms with Crippen molar-refractivity contribution >= 4 is 0 Å². The second kappa shape index (κ2) is 6.66. The fourth-order valence-corrected chi connectivity index (χ4v) is 1.71. The van der Waals surface area contributed by atoms with Crippen LogP contribution in [0.2, 0.25) is 0 Å². The number of rotatable bonds is 7. The van der Waals surface area contributed by atoms with Gasteiger partial charge in [0, 0.05) is 32.1 Å². The summed E-state index contributed by atoms with van der Waals surface area (Å²) in [5.41, 5.74) is 0. The van der Waals surface area contributed by atoms with Crippen LogP contribution in [0.25, 0.3) is 0 Å². The van der Waals surface area contributed by atoms with Crippen LogP contribution < -0.4 is 5.32 Å². The van der Waals surface area contributed by atoms with Crippen LogP contribution in [0.4, 0.5) is 0 Å². The van der Waals surface area contributed by atoms with E-state index in [1.807, 2.05) is 19.3 Å². The number of imidazole rings is 1. The SMILES string of the molecule is COCC(C)NCC(C)Cn1ccnc1C. The summed E-state index contributed by atoms with van der Waals surface area (Å²) < 4.78 is 7.27. The average Bonchev–Trinajstić information content (AvgIpc) is 2.62. The largest absolute Gasteiger partial charge is 0.383 e. The van der Waals surface area contributed by atoms with Crippen LogP contribution in [-0.4, -0.2) is 35.9 Å². The van der Waals surface area contributed by atoms with Gasteiger partial charge in [-0.1, -0.05) is 6.92 Å². The van der Waals surface area contributed by atoms with Gasteiger partial charge in [-0.15, -0.1) is 0 Å². The molecule has 2 atom stereocenters. The van der Waals surface area contributed by atoms with E-state index >= 15 is 0 Å². The molecule has 1 aromatic rings. The Kier molecular flexibility index (Phi) is 5.49. The van der Waals surface area contributed by atoms with Crippen molar-refractivity contribution < 1.29 is 4.74 Å². The van der Waals surface area contributed by atoms with Gasteiger partial charge in [0.15, 0.2) is 0 Å². The lowest BCUT2D eigenvalue weighted by atomic mass is 10.1. The molecule has 2 unspecified atom stereocenters. The van der Waals surface area contributed by atoms with E-state index in [4.69, 9.17) is 4.74 Å². The number of ether oxygens (including phenoxy) is 1. The van der Waals surface area contributed by atoms with Crippen molar-refractivity contribution in [2.75, 3.05) is 20.3 Å². The molecular weight excluding hydrogens is 202 g/mol. The number of hydrogen-bond donors (Lipinski definition) is 1. The monoisotopic (exact) mass is 225 g/mol. The van der Waals surface area contributed by atoms with E-state index in [0.29, 0.717) is 12.0 Å². The van der Waals surface area contributed by atoms with Gasteiger partial charge in [0.25, 0.3) is 0 Å². The molecule has 0 aliphatic heterocycles. The average molecular weight is 225 g/mol. The second-order valence-electron chi connectivity index (χ2n) is 4.50. The molecule has 92 valence electrons. The first kappa shape index (κ1) is 13.2. The third-order valence-electron chi connectivity index (χ3n) is 2.66. The lowest BCUT2D eigenvalue weighted by Crippen LogP contribution is -2.34. The predicted octanol–water partition coefficient (Wildman–Crippen LogP) is 1.45. The molecule has 0 aromatic carbocycles. The first-order valence-corrected chi connectivity index (χ1v) is 5.83. The maximum Gasteiger partial charge on any atom is 0.105 e. The van der Waals surface area contributed by atoms with Crippen molar-refractivity contribution in [3.63, 3.8) is 0 Å². The minimum Gasteiger partial charge on any atom is -0.383 e. The van der Waals surface area contributed by atoms with E-state index in [0.717, 1.165) is 25.5 Å². The molecule has 16 heavy (non-hydrogen) atoms. The summed E-state index contributed by atoms with van der Waals surface area (Å²) in [5, 5.41) is 3.46. The fraction of sp³-hybridized carbons (Fsp3) is 0.750.